The molecule has 0 unspecified atom stereocenters. The van der Waals surface area contributed by atoms with Crippen LogP contribution in [0.15, 0.2) is 0 Å². The minimum Gasteiger partial charge on any atom is -0.303 e. The number of rotatable bonds is 1. The lowest BCUT2D eigenvalue weighted by Gasteiger charge is -1.82. The average molecular weight is 225 g/mol. The Kier molecular flexibility index (Phi) is 6.99. The predicted octanol–water partition coefficient (Wildman–Crippen LogP) is -0.411. The van der Waals surface area contributed by atoms with E-state index in [0.717, 1.165) is 0 Å². The molecule has 11 heavy (non-hydrogen) atoms. The van der Waals surface area contributed by atoms with E-state index in [9.17, 15) is 9.59 Å². The van der Waals surface area contributed by atoms with E-state index >= 15 is 0 Å². The van der Waals surface area contributed by atoms with Gasteiger partial charge in [0.1, 0.15) is 0 Å². The molecule has 0 radical (unpaired) electrons. The van der Waals surface area contributed by atoms with Crippen LogP contribution in [0, 0.1) is 0 Å². The van der Waals surface area contributed by atoms with Crippen molar-refractivity contribution in [3.63, 3.8) is 0 Å². The molecular formula is C2H3Cl2O6P. The summed E-state index contributed by atoms with van der Waals surface area (Å²) in [5, 5.41) is -2.28. The summed E-state index contributed by atoms with van der Waals surface area (Å²) in [5.41, 5.74) is 0. The van der Waals surface area contributed by atoms with Gasteiger partial charge in [0.05, 0.1) is 0 Å². The molecule has 66 valence electrons. The van der Waals surface area contributed by atoms with Crippen molar-refractivity contribution in [1.29, 1.82) is 0 Å². The average Bonchev–Trinajstić information content (AvgIpc) is 1.59. The summed E-state index contributed by atoms with van der Waals surface area (Å²) in [4.78, 5) is 40.4. The first-order chi connectivity index (χ1) is 4.64. The molecule has 0 aromatic heterocycles. The third-order valence-corrected chi connectivity index (χ3v) is 0.595. The molecule has 0 bridgehead atoms. The van der Waals surface area contributed by atoms with Crippen LogP contribution in [-0.2, 0) is 14.2 Å². The lowest BCUT2D eigenvalue weighted by atomic mass is 10.9. The van der Waals surface area contributed by atoms with Crippen LogP contribution in [0.25, 0.3) is 0 Å². The van der Waals surface area contributed by atoms with Gasteiger partial charge in [-0.15, -0.1) is 0 Å². The van der Waals surface area contributed by atoms with Crippen LogP contribution in [0.3, 0.4) is 0 Å². The van der Waals surface area contributed by atoms with Crippen molar-refractivity contribution in [2.24, 2.45) is 0 Å². The van der Waals surface area contributed by atoms with Crippen LogP contribution in [0.1, 0.15) is 0 Å². The van der Waals surface area contributed by atoms with Crippen LogP contribution < -0.4 is 0 Å². The molecule has 3 N–H and O–H groups in total. The van der Waals surface area contributed by atoms with Gasteiger partial charge in [-0.05, 0) is 23.2 Å². The zero-order valence-corrected chi connectivity index (χ0v) is 7.18. The topological polar surface area (TPSA) is 112 Å². The van der Waals surface area contributed by atoms with E-state index in [4.69, 9.17) is 19.2 Å². The fourth-order valence-electron chi connectivity index (χ4n) is 0. The van der Waals surface area contributed by atoms with Crippen molar-refractivity contribution in [3.8, 4) is 0 Å². The van der Waals surface area contributed by atoms with E-state index < -0.39 is 18.3 Å². The third-order valence-electron chi connectivity index (χ3n) is 0.155. The molecule has 0 aliphatic heterocycles. The smallest absolute Gasteiger partial charge is 0.303 e. The molecule has 0 aliphatic carbocycles. The molecule has 6 nitrogen and oxygen atoms in total. The molecule has 0 rings (SSSR count). The molecule has 0 heterocycles. The molecule has 0 fully saturated rings. The Morgan fingerprint density at radius 3 is 1.09 bits per heavy atom. The highest BCUT2D eigenvalue weighted by Gasteiger charge is 2.02. The summed E-state index contributed by atoms with van der Waals surface area (Å²) >= 11 is 8.98. The van der Waals surface area contributed by atoms with E-state index in [0.29, 0.717) is 0 Å². The Balaban J connectivity index is 0. The Morgan fingerprint density at radius 2 is 1.09 bits per heavy atom. The predicted molar refractivity (Wildman–Crippen MR) is 36.0 cm³/mol. The van der Waals surface area contributed by atoms with Crippen LogP contribution in [0.2, 0.25) is 0 Å². The maximum atomic E-state index is 9.43. The number of phosphoric acid groups is 1. The molecule has 0 saturated heterocycles. The molecule has 0 saturated carbocycles. The number of hydrogen-bond acceptors (Lipinski definition) is 3. The fourth-order valence-corrected chi connectivity index (χ4v) is 0. The quantitative estimate of drug-likeness (QED) is 0.317. The van der Waals surface area contributed by atoms with Gasteiger partial charge in [-0.1, -0.05) is 0 Å². The van der Waals surface area contributed by atoms with Crippen molar-refractivity contribution in [2.75, 3.05) is 0 Å². The maximum absolute atomic E-state index is 9.43. The van der Waals surface area contributed by atoms with Crippen LogP contribution in [-0.4, -0.2) is 25.2 Å². The lowest BCUT2D eigenvalue weighted by molar-refractivity contribution is -0.127. The van der Waals surface area contributed by atoms with Gasteiger partial charge in [-0.3, -0.25) is 9.59 Å². The summed E-state index contributed by atoms with van der Waals surface area (Å²) in [6, 6.07) is 0. The van der Waals surface area contributed by atoms with Crippen molar-refractivity contribution in [3.05, 3.63) is 0 Å². The van der Waals surface area contributed by atoms with Crippen LogP contribution in [0.5, 0.6) is 0 Å². The van der Waals surface area contributed by atoms with E-state index in [-0.39, 0.29) is 0 Å². The van der Waals surface area contributed by atoms with E-state index in [1.54, 1.807) is 0 Å². The van der Waals surface area contributed by atoms with Crippen molar-refractivity contribution >= 4 is 41.5 Å². The highest BCUT2D eigenvalue weighted by molar-refractivity contribution is 7.45. The second kappa shape index (κ2) is 5.65. The second-order valence-electron chi connectivity index (χ2n) is 1.06. The number of halogens is 2. The Labute approximate surface area is 71.0 Å². The van der Waals surface area contributed by atoms with Crippen molar-refractivity contribution < 1.29 is 28.8 Å². The van der Waals surface area contributed by atoms with Crippen LogP contribution in [0.4, 0.5) is 0 Å². The summed E-state index contributed by atoms with van der Waals surface area (Å²) < 4.78 is 8.88. The molecule has 0 aromatic rings. The molecule has 0 amide bonds. The van der Waals surface area contributed by atoms with Crippen LogP contribution >= 0.6 is 31.0 Å². The van der Waals surface area contributed by atoms with Crippen molar-refractivity contribution in [2.45, 2.75) is 0 Å². The van der Waals surface area contributed by atoms with Crippen molar-refractivity contribution in [1.82, 2.24) is 0 Å². The Hall–Kier alpha value is 0.0300. The summed E-state index contributed by atoms with van der Waals surface area (Å²) in [5.74, 6) is 0. The van der Waals surface area contributed by atoms with Gasteiger partial charge in [-0.2, -0.15) is 0 Å². The van der Waals surface area contributed by atoms with E-state index in [1.165, 1.54) is 0 Å². The zero-order chi connectivity index (χ0) is 9.65. The first-order valence-electron chi connectivity index (χ1n) is 1.82. The van der Waals surface area contributed by atoms with Gasteiger partial charge >= 0.3 is 18.3 Å². The number of hydrogen-bond donors (Lipinski definition) is 3. The SMILES string of the molecule is O=C(Cl)C(=O)Cl.O=P(O)(O)O. The summed E-state index contributed by atoms with van der Waals surface area (Å²) in [6.45, 7) is 0. The fraction of sp³-hybridized carbons (Fsp3) is 0. The van der Waals surface area contributed by atoms with Gasteiger partial charge in [0.15, 0.2) is 0 Å². The van der Waals surface area contributed by atoms with E-state index in [1.807, 2.05) is 0 Å². The zero-order valence-electron chi connectivity index (χ0n) is 4.77. The highest BCUT2D eigenvalue weighted by Crippen LogP contribution is 2.25. The van der Waals surface area contributed by atoms with Gasteiger partial charge in [0, 0.05) is 0 Å². The van der Waals surface area contributed by atoms with Gasteiger partial charge in [0.25, 0.3) is 0 Å². The molecular weight excluding hydrogens is 222 g/mol. The minimum atomic E-state index is -4.64. The minimum absolute atomic E-state index is 1.14. The Morgan fingerprint density at radius 1 is 1.00 bits per heavy atom. The van der Waals surface area contributed by atoms with E-state index in [2.05, 4.69) is 23.2 Å². The molecule has 0 aliphatic rings. The Bertz CT molecular complexity index is 174. The highest BCUT2D eigenvalue weighted by atomic mass is 35.5. The number of carbonyl (C=O) groups is 2. The first kappa shape index (κ1) is 13.6. The standard InChI is InChI=1S/C2Cl2O2.H3O4P/c3-1(5)2(4)6;1-5(2,3)4/h;(H3,1,2,3,4). The molecule has 0 spiro atoms. The van der Waals surface area contributed by atoms with Gasteiger partial charge in [0.2, 0.25) is 0 Å². The van der Waals surface area contributed by atoms with Gasteiger partial charge in [-0.25, -0.2) is 4.57 Å². The summed E-state index contributed by atoms with van der Waals surface area (Å²) in [6.07, 6.45) is 0. The molecule has 9 heteroatoms. The largest absolute Gasteiger partial charge is 0.466 e. The molecule has 0 atom stereocenters. The maximum Gasteiger partial charge on any atom is 0.466 e. The lowest BCUT2D eigenvalue weighted by Crippen LogP contribution is -1.94. The van der Waals surface area contributed by atoms with Gasteiger partial charge < -0.3 is 14.7 Å². The molecule has 0 aromatic carbocycles. The monoisotopic (exact) mass is 224 g/mol. The third kappa shape index (κ3) is 39.8. The first-order valence-corrected chi connectivity index (χ1v) is 4.14. The normalized spacial score (nSPS) is 9.55. The number of carbonyl (C=O) groups excluding carboxylic acids is 2. The summed E-state index contributed by atoms with van der Waals surface area (Å²) in [7, 11) is -4.64. The second-order valence-corrected chi connectivity index (χ2v) is 2.77.